The van der Waals surface area contributed by atoms with Gasteiger partial charge in [-0.25, -0.2) is 0 Å². The summed E-state index contributed by atoms with van der Waals surface area (Å²) in [6, 6.07) is 0. The highest BCUT2D eigenvalue weighted by molar-refractivity contribution is 5.82. The lowest BCUT2D eigenvalue weighted by atomic mass is 9.67. The highest BCUT2D eigenvalue weighted by Gasteiger charge is 2.37. The van der Waals surface area contributed by atoms with Crippen LogP contribution in [-0.4, -0.2) is 17.3 Å². The van der Waals surface area contributed by atoms with Crippen LogP contribution in [0.2, 0.25) is 0 Å². The Balaban J connectivity index is 2.79. The van der Waals surface area contributed by atoms with Crippen molar-refractivity contribution in [2.45, 2.75) is 52.9 Å². The Hall–Kier alpha value is -0.990. The van der Waals surface area contributed by atoms with Gasteiger partial charge in [0.05, 0.1) is 0 Å². The number of carbonyl (C=O) groups excluding carboxylic acids is 3. The smallest absolute Gasteiger partial charge is 0.133 e. The lowest BCUT2D eigenvalue weighted by Gasteiger charge is -2.36. The molecule has 17 heavy (non-hydrogen) atoms. The Kier molecular flexibility index (Phi) is 5.03. The maximum atomic E-state index is 11.8. The first-order chi connectivity index (χ1) is 7.91. The van der Waals surface area contributed by atoms with Gasteiger partial charge in [-0.2, -0.15) is 0 Å². The van der Waals surface area contributed by atoms with Crippen molar-refractivity contribution in [1.29, 1.82) is 0 Å². The van der Waals surface area contributed by atoms with Gasteiger partial charge in [0.15, 0.2) is 0 Å². The molecular weight excluding hydrogens is 216 g/mol. The molecular formula is C14H22O3. The van der Waals surface area contributed by atoms with E-state index in [9.17, 15) is 14.4 Å². The standard InChI is InChI=1S/C14H22O3/c1-9(15)7-12-5-4-6-13(8-10(2)16)14(12)11(3)17/h12-14H,4-8H2,1-3H3/t12-,13-/m1/s1. The van der Waals surface area contributed by atoms with E-state index < -0.39 is 0 Å². The van der Waals surface area contributed by atoms with Crippen molar-refractivity contribution >= 4 is 17.3 Å². The van der Waals surface area contributed by atoms with Crippen LogP contribution in [0.1, 0.15) is 52.9 Å². The summed E-state index contributed by atoms with van der Waals surface area (Å²) in [6.07, 6.45) is 3.88. The fourth-order valence-corrected chi connectivity index (χ4v) is 3.25. The minimum Gasteiger partial charge on any atom is -0.300 e. The Morgan fingerprint density at radius 1 is 0.882 bits per heavy atom. The lowest BCUT2D eigenvalue weighted by molar-refractivity contribution is -0.128. The molecule has 0 bridgehead atoms. The van der Waals surface area contributed by atoms with Gasteiger partial charge < -0.3 is 9.59 Å². The SMILES string of the molecule is CC(=O)C[C@H]1CCC[C@H](CC(C)=O)C1C(C)=O. The molecule has 0 aromatic carbocycles. The van der Waals surface area contributed by atoms with Crippen LogP contribution in [0.3, 0.4) is 0 Å². The molecule has 0 aliphatic heterocycles. The molecule has 96 valence electrons. The van der Waals surface area contributed by atoms with Gasteiger partial charge in [-0.15, -0.1) is 0 Å². The molecule has 3 heteroatoms. The normalized spacial score (nSPS) is 25.6. The molecule has 0 aromatic heterocycles. The Labute approximate surface area is 103 Å². The number of hydrogen-bond acceptors (Lipinski definition) is 3. The molecule has 0 unspecified atom stereocenters. The van der Waals surface area contributed by atoms with Gasteiger partial charge in [-0.1, -0.05) is 6.42 Å². The predicted octanol–water partition coefficient (Wildman–Crippen LogP) is 2.57. The van der Waals surface area contributed by atoms with Crippen molar-refractivity contribution in [3.63, 3.8) is 0 Å². The quantitative estimate of drug-likeness (QED) is 0.739. The van der Waals surface area contributed by atoms with Gasteiger partial charge in [0.25, 0.3) is 0 Å². The molecule has 1 saturated carbocycles. The zero-order chi connectivity index (χ0) is 13.0. The van der Waals surface area contributed by atoms with Gasteiger partial charge in [-0.3, -0.25) is 4.79 Å². The molecule has 0 spiro atoms. The summed E-state index contributed by atoms with van der Waals surface area (Å²) < 4.78 is 0. The van der Waals surface area contributed by atoms with Gasteiger partial charge in [0.1, 0.15) is 17.3 Å². The summed E-state index contributed by atoms with van der Waals surface area (Å²) >= 11 is 0. The summed E-state index contributed by atoms with van der Waals surface area (Å²) in [7, 11) is 0. The van der Waals surface area contributed by atoms with Crippen molar-refractivity contribution in [2.75, 3.05) is 0 Å². The maximum absolute atomic E-state index is 11.8. The van der Waals surface area contributed by atoms with Crippen LogP contribution in [-0.2, 0) is 14.4 Å². The van der Waals surface area contributed by atoms with Crippen LogP contribution in [0, 0.1) is 17.8 Å². The molecule has 0 radical (unpaired) electrons. The van der Waals surface area contributed by atoms with Crippen LogP contribution in [0.5, 0.6) is 0 Å². The molecule has 1 fully saturated rings. The summed E-state index contributed by atoms with van der Waals surface area (Å²) in [5.74, 6) is 0.652. The minimum atomic E-state index is -0.0865. The lowest BCUT2D eigenvalue weighted by Crippen LogP contribution is -2.35. The van der Waals surface area contributed by atoms with E-state index >= 15 is 0 Å². The molecule has 0 amide bonds. The average molecular weight is 238 g/mol. The fourth-order valence-electron chi connectivity index (χ4n) is 3.25. The number of rotatable bonds is 5. The van der Waals surface area contributed by atoms with E-state index in [1.807, 2.05) is 0 Å². The molecule has 1 rings (SSSR count). The van der Waals surface area contributed by atoms with Gasteiger partial charge >= 0.3 is 0 Å². The van der Waals surface area contributed by atoms with Crippen LogP contribution < -0.4 is 0 Å². The molecule has 2 atom stereocenters. The highest BCUT2D eigenvalue weighted by atomic mass is 16.1. The second-order valence-corrected chi connectivity index (χ2v) is 5.40. The van der Waals surface area contributed by atoms with E-state index in [2.05, 4.69) is 0 Å². The molecule has 1 aliphatic carbocycles. The summed E-state index contributed by atoms with van der Waals surface area (Å²) in [5.41, 5.74) is 0. The second-order valence-electron chi connectivity index (χ2n) is 5.40. The number of Topliss-reactive ketones (excluding diaryl/α,β-unsaturated/α-hetero) is 3. The van der Waals surface area contributed by atoms with Crippen LogP contribution in [0.15, 0.2) is 0 Å². The van der Waals surface area contributed by atoms with E-state index in [-0.39, 0.29) is 35.1 Å². The molecule has 3 nitrogen and oxygen atoms in total. The van der Waals surface area contributed by atoms with Crippen molar-refractivity contribution in [1.82, 2.24) is 0 Å². The van der Waals surface area contributed by atoms with Crippen molar-refractivity contribution in [3.8, 4) is 0 Å². The van der Waals surface area contributed by atoms with Crippen molar-refractivity contribution in [3.05, 3.63) is 0 Å². The van der Waals surface area contributed by atoms with E-state index in [0.29, 0.717) is 12.8 Å². The third-order valence-corrected chi connectivity index (χ3v) is 3.73. The maximum Gasteiger partial charge on any atom is 0.133 e. The topological polar surface area (TPSA) is 51.2 Å². The monoisotopic (exact) mass is 238 g/mol. The summed E-state index contributed by atoms with van der Waals surface area (Å²) in [5, 5.41) is 0. The van der Waals surface area contributed by atoms with Gasteiger partial charge in [0.2, 0.25) is 0 Å². The summed E-state index contributed by atoms with van der Waals surface area (Å²) in [4.78, 5) is 34.2. The first kappa shape index (κ1) is 14.1. The fraction of sp³-hybridized carbons (Fsp3) is 0.786. The first-order valence-corrected chi connectivity index (χ1v) is 6.41. The van der Waals surface area contributed by atoms with Gasteiger partial charge in [-0.05, 0) is 45.4 Å². The third kappa shape index (κ3) is 4.06. The van der Waals surface area contributed by atoms with Crippen molar-refractivity contribution in [2.24, 2.45) is 17.8 Å². The molecule has 0 N–H and O–H groups in total. The first-order valence-electron chi connectivity index (χ1n) is 6.41. The second kappa shape index (κ2) is 6.08. The molecule has 0 heterocycles. The Morgan fingerprint density at radius 3 is 1.59 bits per heavy atom. The van der Waals surface area contributed by atoms with Crippen LogP contribution in [0.4, 0.5) is 0 Å². The van der Waals surface area contributed by atoms with E-state index in [0.717, 1.165) is 19.3 Å². The largest absolute Gasteiger partial charge is 0.300 e. The highest BCUT2D eigenvalue weighted by Crippen LogP contribution is 2.39. The van der Waals surface area contributed by atoms with E-state index in [4.69, 9.17) is 0 Å². The summed E-state index contributed by atoms with van der Waals surface area (Å²) in [6.45, 7) is 4.74. The Morgan fingerprint density at radius 2 is 1.29 bits per heavy atom. The van der Waals surface area contributed by atoms with Gasteiger partial charge in [0, 0.05) is 18.8 Å². The molecule has 0 saturated heterocycles. The minimum absolute atomic E-state index is 0.0865. The zero-order valence-electron chi connectivity index (χ0n) is 11.0. The number of carbonyl (C=O) groups is 3. The van der Waals surface area contributed by atoms with E-state index in [1.165, 1.54) is 0 Å². The van der Waals surface area contributed by atoms with Crippen LogP contribution >= 0.6 is 0 Å². The van der Waals surface area contributed by atoms with Crippen molar-refractivity contribution < 1.29 is 14.4 Å². The predicted molar refractivity (Wildman–Crippen MR) is 65.6 cm³/mol. The molecule has 0 aromatic rings. The molecule has 1 aliphatic rings. The Bertz CT molecular complexity index is 295. The average Bonchev–Trinajstić information content (AvgIpc) is 2.14. The zero-order valence-corrected chi connectivity index (χ0v) is 11.0. The number of ketones is 3. The third-order valence-electron chi connectivity index (χ3n) is 3.73. The van der Waals surface area contributed by atoms with E-state index in [1.54, 1.807) is 20.8 Å². The van der Waals surface area contributed by atoms with Crippen LogP contribution in [0.25, 0.3) is 0 Å². The number of hydrogen-bond donors (Lipinski definition) is 0.